The van der Waals surface area contributed by atoms with Crippen molar-refractivity contribution in [3.05, 3.63) is 28.8 Å². The fourth-order valence-corrected chi connectivity index (χ4v) is 3.11. The second-order valence-corrected chi connectivity index (χ2v) is 5.82. The summed E-state index contributed by atoms with van der Waals surface area (Å²) in [6, 6.07) is 6.76. The lowest BCUT2D eigenvalue weighted by Gasteiger charge is -2.33. The highest BCUT2D eigenvalue weighted by Crippen LogP contribution is 2.31. The van der Waals surface area contributed by atoms with Gasteiger partial charge in [0.05, 0.1) is 16.8 Å². The third-order valence-electron chi connectivity index (χ3n) is 4.10. The smallest absolute Gasteiger partial charge is 0.0642 e. The molecule has 1 atom stereocenters. The molecule has 0 amide bonds. The van der Waals surface area contributed by atoms with Crippen molar-refractivity contribution < 1.29 is 4.74 Å². The van der Waals surface area contributed by atoms with Crippen molar-refractivity contribution in [2.24, 2.45) is 0 Å². The molecule has 1 aliphatic heterocycles. The summed E-state index contributed by atoms with van der Waals surface area (Å²) in [6.45, 7) is 7.27. The van der Waals surface area contributed by atoms with Gasteiger partial charge in [0.1, 0.15) is 0 Å². The lowest BCUT2D eigenvalue weighted by molar-refractivity contribution is 0.0819. The SMILES string of the molecule is CCNC(C)c1ccc(N2CCC(OC)CC2)c(Cl)c1. The monoisotopic (exact) mass is 296 g/mol. The van der Waals surface area contributed by atoms with Crippen LogP contribution >= 0.6 is 11.6 Å². The Labute approximate surface area is 127 Å². The number of halogens is 1. The Bertz CT molecular complexity index is 430. The molecule has 112 valence electrons. The minimum atomic E-state index is 0.339. The predicted molar refractivity (Wildman–Crippen MR) is 85.8 cm³/mol. The van der Waals surface area contributed by atoms with Crippen LogP contribution in [-0.4, -0.2) is 32.8 Å². The molecule has 0 bridgehead atoms. The molecule has 0 radical (unpaired) electrons. The molecule has 0 saturated carbocycles. The van der Waals surface area contributed by atoms with E-state index < -0.39 is 0 Å². The summed E-state index contributed by atoms with van der Waals surface area (Å²) in [5.74, 6) is 0. The Morgan fingerprint density at radius 2 is 2.10 bits per heavy atom. The van der Waals surface area contributed by atoms with Crippen LogP contribution in [0.15, 0.2) is 18.2 Å². The predicted octanol–water partition coefficient (Wildman–Crippen LogP) is 3.63. The van der Waals surface area contributed by atoms with Crippen LogP contribution in [0.25, 0.3) is 0 Å². The summed E-state index contributed by atoms with van der Waals surface area (Å²) >= 11 is 6.48. The van der Waals surface area contributed by atoms with E-state index in [9.17, 15) is 0 Å². The van der Waals surface area contributed by atoms with Gasteiger partial charge in [0, 0.05) is 26.2 Å². The lowest BCUT2D eigenvalue weighted by Crippen LogP contribution is -2.36. The topological polar surface area (TPSA) is 24.5 Å². The molecule has 0 aromatic heterocycles. The number of benzene rings is 1. The van der Waals surface area contributed by atoms with Crippen LogP contribution < -0.4 is 10.2 Å². The molecule has 1 fully saturated rings. The first-order valence-corrected chi connectivity index (χ1v) is 7.84. The van der Waals surface area contributed by atoms with Gasteiger partial charge in [-0.05, 0) is 44.0 Å². The molecule has 1 unspecified atom stereocenters. The lowest BCUT2D eigenvalue weighted by atomic mass is 10.0. The minimum Gasteiger partial charge on any atom is -0.381 e. The molecule has 20 heavy (non-hydrogen) atoms. The highest BCUT2D eigenvalue weighted by Gasteiger charge is 2.20. The van der Waals surface area contributed by atoms with Crippen LogP contribution in [-0.2, 0) is 4.74 Å². The summed E-state index contributed by atoms with van der Waals surface area (Å²) in [6.07, 6.45) is 2.54. The van der Waals surface area contributed by atoms with E-state index in [2.05, 4.69) is 42.3 Å². The molecule has 3 nitrogen and oxygen atoms in total. The highest BCUT2D eigenvalue weighted by atomic mass is 35.5. The zero-order chi connectivity index (χ0) is 14.5. The van der Waals surface area contributed by atoms with Crippen molar-refractivity contribution in [3.8, 4) is 0 Å². The van der Waals surface area contributed by atoms with E-state index in [1.54, 1.807) is 7.11 Å². The normalized spacial score (nSPS) is 18.3. The maximum Gasteiger partial charge on any atom is 0.0642 e. The van der Waals surface area contributed by atoms with Crippen molar-refractivity contribution >= 4 is 17.3 Å². The molecule has 1 aromatic rings. The maximum atomic E-state index is 6.48. The number of nitrogens with zero attached hydrogens (tertiary/aromatic N) is 1. The quantitative estimate of drug-likeness (QED) is 0.898. The van der Waals surface area contributed by atoms with Gasteiger partial charge in [0.25, 0.3) is 0 Å². The van der Waals surface area contributed by atoms with Gasteiger partial charge in [-0.15, -0.1) is 0 Å². The van der Waals surface area contributed by atoms with E-state index >= 15 is 0 Å². The van der Waals surface area contributed by atoms with Crippen LogP contribution in [0, 0.1) is 0 Å². The molecule has 1 saturated heterocycles. The number of methoxy groups -OCH3 is 1. The van der Waals surface area contributed by atoms with Gasteiger partial charge in [-0.3, -0.25) is 0 Å². The van der Waals surface area contributed by atoms with Crippen LogP contribution in [0.1, 0.15) is 38.3 Å². The van der Waals surface area contributed by atoms with E-state index in [1.807, 2.05) is 0 Å². The number of ether oxygens (including phenoxy) is 1. The summed E-state index contributed by atoms with van der Waals surface area (Å²) in [7, 11) is 1.80. The Kier molecular flexibility index (Phi) is 5.70. The first-order valence-electron chi connectivity index (χ1n) is 7.46. The Hall–Kier alpha value is -0.770. The Morgan fingerprint density at radius 3 is 2.65 bits per heavy atom. The van der Waals surface area contributed by atoms with Gasteiger partial charge in [-0.25, -0.2) is 0 Å². The van der Waals surface area contributed by atoms with E-state index in [1.165, 1.54) is 5.56 Å². The standard InChI is InChI=1S/C16H25ClN2O/c1-4-18-12(2)13-5-6-16(15(17)11-13)19-9-7-14(20-3)8-10-19/h5-6,11-12,14,18H,4,7-10H2,1-3H3. The Balaban J connectivity index is 2.06. The highest BCUT2D eigenvalue weighted by molar-refractivity contribution is 6.33. The van der Waals surface area contributed by atoms with E-state index in [0.29, 0.717) is 12.1 Å². The van der Waals surface area contributed by atoms with Gasteiger partial charge in [-0.1, -0.05) is 24.6 Å². The van der Waals surface area contributed by atoms with Gasteiger partial charge in [0.2, 0.25) is 0 Å². The Morgan fingerprint density at radius 1 is 1.40 bits per heavy atom. The van der Waals surface area contributed by atoms with Crippen LogP contribution in [0.3, 0.4) is 0 Å². The van der Waals surface area contributed by atoms with Crippen molar-refractivity contribution in [1.82, 2.24) is 5.32 Å². The van der Waals surface area contributed by atoms with E-state index in [-0.39, 0.29) is 0 Å². The average Bonchev–Trinajstić information content (AvgIpc) is 2.47. The zero-order valence-electron chi connectivity index (χ0n) is 12.7. The molecule has 2 rings (SSSR count). The van der Waals surface area contributed by atoms with E-state index in [0.717, 1.165) is 43.2 Å². The number of hydrogen-bond donors (Lipinski definition) is 1. The third kappa shape index (κ3) is 3.66. The van der Waals surface area contributed by atoms with Crippen LogP contribution in [0.2, 0.25) is 5.02 Å². The number of nitrogens with one attached hydrogen (secondary N) is 1. The number of rotatable bonds is 5. The van der Waals surface area contributed by atoms with Crippen molar-refractivity contribution in [2.45, 2.75) is 38.8 Å². The molecular formula is C16H25ClN2O. The molecule has 0 spiro atoms. The number of piperidine rings is 1. The average molecular weight is 297 g/mol. The summed E-state index contributed by atoms with van der Waals surface area (Å²) in [5, 5.41) is 4.26. The largest absolute Gasteiger partial charge is 0.381 e. The third-order valence-corrected chi connectivity index (χ3v) is 4.40. The van der Waals surface area contributed by atoms with Gasteiger partial charge in [0.15, 0.2) is 0 Å². The second-order valence-electron chi connectivity index (χ2n) is 5.41. The molecule has 1 heterocycles. The number of anilines is 1. The van der Waals surface area contributed by atoms with E-state index in [4.69, 9.17) is 16.3 Å². The van der Waals surface area contributed by atoms with Crippen molar-refractivity contribution in [3.63, 3.8) is 0 Å². The van der Waals surface area contributed by atoms with Crippen LogP contribution in [0.4, 0.5) is 5.69 Å². The molecule has 1 aromatic carbocycles. The van der Waals surface area contributed by atoms with Crippen molar-refractivity contribution in [2.75, 3.05) is 31.6 Å². The molecule has 0 aliphatic carbocycles. The fourth-order valence-electron chi connectivity index (χ4n) is 2.81. The first-order chi connectivity index (χ1) is 9.65. The molecule has 4 heteroatoms. The number of hydrogen-bond acceptors (Lipinski definition) is 3. The van der Waals surface area contributed by atoms with Gasteiger partial charge < -0.3 is 15.0 Å². The second kappa shape index (κ2) is 7.30. The summed E-state index contributed by atoms with van der Waals surface area (Å²) < 4.78 is 5.42. The maximum absolute atomic E-state index is 6.48. The molecule has 1 N–H and O–H groups in total. The van der Waals surface area contributed by atoms with Crippen LogP contribution in [0.5, 0.6) is 0 Å². The van der Waals surface area contributed by atoms with Crippen molar-refractivity contribution in [1.29, 1.82) is 0 Å². The van der Waals surface area contributed by atoms with Gasteiger partial charge >= 0.3 is 0 Å². The fraction of sp³-hybridized carbons (Fsp3) is 0.625. The molecular weight excluding hydrogens is 272 g/mol. The van der Waals surface area contributed by atoms with Gasteiger partial charge in [-0.2, -0.15) is 0 Å². The minimum absolute atomic E-state index is 0.339. The first kappa shape index (κ1) is 15.6. The summed E-state index contributed by atoms with van der Waals surface area (Å²) in [4.78, 5) is 2.36. The zero-order valence-corrected chi connectivity index (χ0v) is 13.4. The molecule has 1 aliphatic rings. The summed E-state index contributed by atoms with van der Waals surface area (Å²) in [5.41, 5.74) is 2.39.